The summed E-state index contributed by atoms with van der Waals surface area (Å²) in [5, 5.41) is 0. The molecule has 1 aromatic heterocycles. The Balaban J connectivity index is 1.67. The molecule has 3 atom stereocenters. The summed E-state index contributed by atoms with van der Waals surface area (Å²) in [5.41, 5.74) is 4.23. The molecular formula is C22H20N4. The number of anilines is 4. The lowest BCUT2D eigenvalue weighted by atomic mass is 9.81. The van der Waals surface area contributed by atoms with Crippen molar-refractivity contribution >= 4 is 23.0 Å². The van der Waals surface area contributed by atoms with E-state index in [1.54, 1.807) is 12.4 Å². The lowest BCUT2D eigenvalue weighted by Crippen LogP contribution is -2.50. The number of fused-ring (bicyclic) bond motifs is 8. The molecule has 4 heteroatoms. The molecule has 3 heterocycles. The first-order valence-electron chi connectivity index (χ1n) is 9.19. The second-order valence-electron chi connectivity index (χ2n) is 8.10. The third kappa shape index (κ3) is 1.48. The number of aromatic nitrogens is 2. The summed E-state index contributed by atoms with van der Waals surface area (Å²) in [6, 6.07) is 19.4. The number of nitrogens with zero attached hydrogens (tertiary/aromatic N) is 4. The lowest BCUT2D eigenvalue weighted by molar-refractivity contribution is 0.371. The quantitative estimate of drug-likeness (QED) is 0.638. The van der Waals surface area contributed by atoms with Crippen LogP contribution in [0.3, 0.4) is 0 Å². The Kier molecular flexibility index (Phi) is 2.45. The van der Waals surface area contributed by atoms with Crippen LogP contribution in [-0.4, -0.2) is 16.1 Å². The summed E-state index contributed by atoms with van der Waals surface area (Å²) in [4.78, 5) is 14.3. The first-order chi connectivity index (χ1) is 12.7. The van der Waals surface area contributed by atoms with E-state index < -0.39 is 0 Å². The molecule has 0 bridgehead atoms. The zero-order valence-corrected chi connectivity index (χ0v) is 14.9. The van der Waals surface area contributed by atoms with Gasteiger partial charge in [-0.1, -0.05) is 50.2 Å². The van der Waals surface area contributed by atoms with Crippen molar-refractivity contribution in [2.24, 2.45) is 5.41 Å². The van der Waals surface area contributed by atoms with E-state index in [1.807, 2.05) is 0 Å². The molecule has 128 valence electrons. The molecule has 0 spiro atoms. The standard InChI is InChI=1S/C22H20N4/c1-21-14-22(21,2)20-25(15-8-4-3-5-9-15)18-19(24-13-12-23-18)26(20)17-11-7-6-10-16(17)21/h3-13,20H,14H2,1-2H3. The van der Waals surface area contributed by atoms with Gasteiger partial charge in [0.05, 0.1) is 0 Å². The highest BCUT2D eigenvalue weighted by molar-refractivity contribution is 5.87. The van der Waals surface area contributed by atoms with Crippen molar-refractivity contribution in [3.8, 4) is 0 Å². The van der Waals surface area contributed by atoms with Gasteiger partial charge in [-0.05, 0) is 30.2 Å². The van der Waals surface area contributed by atoms with Crippen LogP contribution in [0.25, 0.3) is 0 Å². The van der Waals surface area contributed by atoms with E-state index in [-0.39, 0.29) is 17.0 Å². The van der Waals surface area contributed by atoms with Gasteiger partial charge in [0.2, 0.25) is 0 Å². The molecule has 2 aliphatic heterocycles. The van der Waals surface area contributed by atoms with Crippen LogP contribution in [0.4, 0.5) is 23.0 Å². The molecule has 4 nitrogen and oxygen atoms in total. The third-order valence-electron chi connectivity index (χ3n) is 6.82. The average molecular weight is 340 g/mol. The molecule has 3 aromatic rings. The molecule has 0 radical (unpaired) electrons. The van der Waals surface area contributed by atoms with Gasteiger partial charge in [0.1, 0.15) is 6.17 Å². The summed E-state index contributed by atoms with van der Waals surface area (Å²) in [6.07, 6.45) is 4.97. The smallest absolute Gasteiger partial charge is 0.178 e. The highest BCUT2D eigenvalue weighted by Gasteiger charge is 2.73. The topological polar surface area (TPSA) is 32.3 Å². The predicted octanol–water partition coefficient (Wildman–Crippen LogP) is 4.77. The molecule has 3 aliphatic rings. The van der Waals surface area contributed by atoms with E-state index in [0.29, 0.717) is 0 Å². The summed E-state index contributed by atoms with van der Waals surface area (Å²) in [5.74, 6) is 1.92. The van der Waals surface area contributed by atoms with Gasteiger partial charge < -0.3 is 9.80 Å². The van der Waals surface area contributed by atoms with Crippen LogP contribution in [0.1, 0.15) is 25.8 Å². The highest BCUT2D eigenvalue weighted by Crippen LogP contribution is 2.74. The van der Waals surface area contributed by atoms with Gasteiger partial charge in [-0.25, -0.2) is 9.97 Å². The van der Waals surface area contributed by atoms with Crippen LogP contribution < -0.4 is 9.80 Å². The SMILES string of the molecule is CC12CC1(C)C1N(c3ccccc3)c3nccnc3N1c1ccccc12. The predicted molar refractivity (Wildman–Crippen MR) is 103 cm³/mol. The minimum absolute atomic E-state index is 0.152. The fraction of sp³-hybridized carbons (Fsp3) is 0.273. The largest absolute Gasteiger partial charge is 0.301 e. The Morgan fingerprint density at radius 3 is 2.27 bits per heavy atom. The molecule has 0 N–H and O–H groups in total. The third-order valence-corrected chi connectivity index (χ3v) is 6.82. The summed E-state index contributed by atoms with van der Waals surface area (Å²) >= 11 is 0. The number of benzene rings is 2. The fourth-order valence-corrected chi connectivity index (χ4v) is 5.30. The van der Waals surface area contributed by atoms with E-state index in [0.717, 1.165) is 11.6 Å². The zero-order chi connectivity index (χ0) is 17.5. The second kappa shape index (κ2) is 4.44. The van der Waals surface area contributed by atoms with Gasteiger partial charge in [-0.2, -0.15) is 0 Å². The maximum absolute atomic E-state index is 4.75. The fourth-order valence-electron chi connectivity index (χ4n) is 5.30. The van der Waals surface area contributed by atoms with Gasteiger partial charge >= 0.3 is 0 Å². The maximum Gasteiger partial charge on any atom is 0.178 e. The molecule has 3 unspecified atom stereocenters. The van der Waals surface area contributed by atoms with Crippen LogP contribution >= 0.6 is 0 Å². The molecule has 0 saturated heterocycles. The zero-order valence-electron chi connectivity index (χ0n) is 14.9. The molecule has 1 aliphatic carbocycles. The molecule has 1 fully saturated rings. The van der Waals surface area contributed by atoms with Crippen LogP contribution in [0.5, 0.6) is 0 Å². The Labute approximate surface area is 153 Å². The normalized spacial score (nSPS) is 30.3. The first-order valence-corrected chi connectivity index (χ1v) is 9.19. The van der Waals surface area contributed by atoms with Crippen molar-refractivity contribution < 1.29 is 0 Å². The molecule has 1 saturated carbocycles. The minimum atomic E-state index is 0.152. The number of para-hydroxylation sites is 2. The second-order valence-corrected chi connectivity index (χ2v) is 8.10. The van der Waals surface area contributed by atoms with Crippen LogP contribution in [0.2, 0.25) is 0 Å². The lowest BCUT2D eigenvalue weighted by Gasteiger charge is -2.44. The van der Waals surface area contributed by atoms with E-state index in [4.69, 9.17) is 9.97 Å². The Morgan fingerprint density at radius 1 is 0.846 bits per heavy atom. The van der Waals surface area contributed by atoms with E-state index in [1.165, 1.54) is 23.4 Å². The van der Waals surface area contributed by atoms with Crippen molar-refractivity contribution in [2.45, 2.75) is 31.8 Å². The van der Waals surface area contributed by atoms with Crippen LogP contribution in [-0.2, 0) is 5.41 Å². The van der Waals surface area contributed by atoms with Crippen LogP contribution in [0, 0.1) is 5.41 Å². The van der Waals surface area contributed by atoms with E-state index in [9.17, 15) is 0 Å². The van der Waals surface area contributed by atoms with Crippen molar-refractivity contribution in [3.05, 3.63) is 72.6 Å². The Morgan fingerprint density at radius 2 is 1.50 bits per heavy atom. The Bertz CT molecular complexity index is 1030. The number of hydrogen-bond donors (Lipinski definition) is 0. The molecule has 6 rings (SSSR count). The summed E-state index contributed by atoms with van der Waals surface area (Å²) in [7, 11) is 0. The van der Waals surface area contributed by atoms with Gasteiger partial charge in [0, 0.05) is 34.6 Å². The molecule has 0 amide bonds. The van der Waals surface area contributed by atoms with Gasteiger partial charge in [0.25, 0.3) is 0 Å². The molecule has 2 aromatic carbocycles. The van der Waals surface area contributed by atoms with Crippen molar-refractivity contribution in [3.63, 3.8) is 0 Å². The first kappa shape index (κ1) is 14.3. The van der Waals surface area contributed by atoms with Gasteiger partial charge in [-0.3, -0.25) is 0 Å². The Hall–Kier alpha value is -2.88. The number of rotatable bonds is 1. The van der Waals surface area contributed by atoms with Crippen LogP contribution in [0.15, 0.2) is 67.0 Å². The van der Waals surface area contributed by atoms with Gasteiger partial charge in [-0.15, -0.1) is 0 Å². The van der Waals surface area contributed by atoms with Crippen molar-refractivity contribution in [1.29, 1.82) is 0 Å². The molecule has 26 heavy (non-hydrogen) atoms. The minimum Gasteiger partial charge on any atom is -0.301 e. The van der Waals surface area contributed by atoms with Crippen molar-refractivity contribution in [2.75, 3.05) is 9.80 Å². The highest BCUT2D eigenvalue weighted by atomic mass is 15.5. The van der Waals surface area contributed by atoms with E-state index >= 15 is 0 Å². The van der Waals surface area contributed by atoms with E-state index in [2.05, 4.69) is 78.2 Å². The average Bonchev–Trinajstić information content (AvgIpc) is 3.11. The summed E-state index contributed by atoms with van der Waals surface area (Å²) < 4.78 is 0. The van der Waals surface area contributed by atoms with Gasteiger partial charge in [0.15, 0.2) is 11.6 Å². The maximum atomic E-state index is 4.75. The monoisotopic (exact) mass is 340 g/mol. The van der Waals surface area contributed by atoms with Crippen molar-refractivity contribution in [1.82, 2.24) is 9.97 Å². The molecular weight excluding hydrogens is 320 g/mol. The summed E-state index contributed by atoms with van der Waals surface area (Å²) in [6.45, 7) is 4.83. The number of hydrogen-bond acceptors (Lipinski definition) is 4.